The normalized spacial score (nSPS) is 11.1. The van der Waals surface area contributed by atoms with E-state index in [-0.39, 0.29) is 24.2 Å². The third-order valence-electron chi connectivity index (χ3n) is 3.02. The van der Waals surface area contributed by atoms with Crippen molar-refractivity contribution in [1.29, 1.82) is 0 Å². The molecule has 1 heterocycles. The van der Waals surface area contributed by atoms with Crippen LogP contribution in [0, 0.1) is 17.6 Å². The molecule has 0 saturated heterocycles. The minimum Gasteiger partial charge on any atom is -0.299 e. The summed E-state index contributed by atoms with van der Waals surface area (Å²) in [7, 11) is 0. The zero-order valence-corrected chi connectivity index (χ0v) is 12.0. The fourth-order valence-electron chi connectivity index (χ4n) is 2.06. The summed E-state index contributed by atoms with van der Waals surface area (Å²) in [5.41, 5.74) is -0.197. The minimum absolute atomic E-state index is 0.0144. The van der Waals surface area contributed by atoms with Gasteiger partial charge in [-0.15, -0.1) is 0 Å². The van der Waals surface area contributed by atoms with Gasteiger partial charge in [-0.25, -0.2) is 18.4 Å². The number of Topliss-reactive ketones (excluding diaryl/α,β-unsaturated/α-hetero) is 1. The molecule has 6 heteroatoms. The van der Waals surface area contributed by atoms with Crippen LogP contribution in [0.5, 0.6) is 0 Å². The second-order valence-electron chi connectivity index (χ2n) is 5.34. The summed E-state index contributed by atoms with van der Waals surface area (Å²) in [6.07, 6.45) is 1.11. The molecule has 112 valence electrons. The predicted octanol–water partition coefficient (Wildman–Crippen LogP) is 2.57. The Balaban J connectivity index is 2.07. The highest BCUT2D eigenvalue weighted by atomic mass is 19.1. The van der Waals surface area contributed by atoms with Gasteiger partial charge in [-0.2, -0.15) is 5.10 Å². The van der Waals surface area contributed by atoms with Crippen molar-refractivity contribution in [2.24, 2.45) is 5.92 Å². The Labute approximate surface area is 121 Å². The average Bonchev–Trinajstić information content (AvgIpc) is 2.80. The first kappa shape index (κ1) is 15.3. The van der Waals surface area contributed by atoms with Crippen LogP contribution >= 0.6 is 0 Å². The van der Waals surface area contributed by atoms with Gasteiger partial charge < -0.3 is 0 Å². The van der Waals surface area contributed by atoms with Gasteiger partial charge in [0.2, 0.25) is 0 Å². The monoisotopic (exact) mass is 293 g/mol. The molecule has 1 aromatic carbocycles. The molecule has 0 radical (unpaired) electrons. The lowest BCUT2D eigenvalue weighted by molar-refractivity contribution is -0.118. The lowest BCUT2D eigenvalue weighted by Crippen LogP contribution is -2.16. The van der Waals surface area contributed by atoms with E-state index >= 15 is 0 Å². The first-order valence-corrected chi connectivity index (χ1v) is 6.78. The second-order valence-corrected chi connectivity index (χ2v) is 5.34. The Morgan fingerprint density at radius 2 is 1.90 bits per heavy atom. The molecular formula is C15H17F2N3O. The number of nitrogens with zero attached hydrogens (tertiary/aromatic N) is 3. The van der Waals surface area contributed by atoms with E-state index in [1.807, 2.05) is 13.8 Å². The van der Waals surface area contributed by atoms with E-state index in [0.29, 0.717) is 18.3 Å². The molecule has 0 aliphatic heterocycles. The zero-order valence-electron chi connectivity index (χ0n) is 12.0. The van der Waals surface area contributed by atoms with Crippen molar-refractivity contribution in [3.8, 4) is 0 Å². The zero-order chi connectivity index (χ0) is 15.4. The summed E-state index contributed by atoms with van der Waals surface area (Å²) in [5.74, 6) is -0.814. The standard InChI is InChI=1S/C15H17F2N3O/c1-10(2)8-20-15(18-9-19-20)7-11(21)6-12-13(16)4-3-5-14(12)17/h3-5,9-10H,6-8H2,1-2H3. The molecule has 1 aromatic heterocycles. The smallest absolute Gasteiger partial charge is 0.145 e. The maximum atomic E-state index is 13.5. The molecule has 0 fully saturated rings. The fourth-order valence-corrected chi connectivity index (χ4v) is 2.06. The molecule has 2 rings (SSSR count). The van der Waals surface area contributed by atoms with Crippen LogP contribution in [0.2, 0.25) is 0 Å². The Hall–Kier alpha value is -2.11. The number of aromatic nitrogens is 3. The number of hydrogen-bond donors (Lipinski definition) is 0. The minimum atomic E-state index is -0.702. The lowest BCUT2D eigenvalue weighted by Gasteiger charge is -2.08. The topological polar surface area (TPSA) is 47.8 Å². The van der Waals surface area contributed by atoms with Crippen LogP contribution in [-0.2, 0) is 24.2 Å². The van der Waals surface area contributed by atoms with Crippen LogP contribution in [0.1, 0.15) is 25.2 Å². The van der Waals surface area contributed by atoms with Crippen LogP contribution in [0.15, 0.2) is 24.5 Å². The Morgan fingerprint density at radius 3 is 2.52 bits per heavy atom. The molecule has 2 aromatic rings. The van der Waals surface area contributed by atoms with Gasteiger partial charge in [-0.3, -0.25) is 4.79 Å². The van der Waals surface area contributed by atoms with Crippen molar-refractivity contribution < 1.29 is 13.6 Å². The predicted molar refractivity (Wildman–Crippen MR) is 73.6 cm³/mol. The van der Waals surface area contributed by atoms with Crippen molar-refractivity contribution in [2.45, 2.75) is 33.2 Å². The summed E-state index contributed by atoms with van der Waals surface area (Å²) >= 11 is 0. The summed E-state index contributed by atoms with van der Waals surface area (Å²) in [5, 5.41) is 4.06. The number of halogens is 2. The maximum absolute atomic E-state index is 13.5. The van der Waals surface area contributed by atoms with E-state index in [0.717, 1.165) is 12.1 Å². The van der Waals surface area contributed by atoms with Crippen LogP contribution in [-0.4, -0.2) is 20.5 Å². The number of carbonyl (C=O) groups is 1. The largest absolute Gasteiger partial charge is 0.299 e. The van der Waals surface area contributed by atoms with Gasteiger partial charge in [0.1, 0.15) is 29.6 Å². The summed E-state index contributed by atoms with van der Waals surface area (Å²) in [6, 6.07) is 3.57. The fraction of sp³-hybridized carbons (Fsp3) is 0.400. The average molecular weight is 293 g/mol. The van der Waals surface area contributed by atoms with Crippen LogP contribution in [0.25, 0.3) is 0 Å². The Bertz CT molecular complexity index is 617. The van der Waals surface area contributed by atoms with Gasteiger partial charge >= 0.3 is 0 Å². The third kappa shape index (κ3) is 3.93. The number of rotatable bonds is 6. The van der Waals surface area contributed by atoms with Gasteiger partial charge in [-0.05, 0) is 18.1 Å². The first-order chi connectivity index (χ1) is 9.97. The van der Waals surface area contributed by atoms with E-state index in [1.165, 1.54) is 12.4 Å². The van der Waals surface area contributed by atoms with Crippen LogP contribution in [0.3, 0.4) is 0 Å². The van der Waals surface area contributed by atoms with Gasteiger partial charge in [0.25, 0.3) is 0 Å². The number of ketones is 1. The molecule has 4 nitrogen and oxygen atoms in total. The molecule has 0 unspecified atom stereocenters. The number of benzene rings is 1. The Kier molecular flexibility index (Phi) is 4.77. The summed E-state index contributed by atoms with van der Waals surface area (Å²) in [6.45, 7) is 4.71. The van der Waals surface area contributed by atoms with Crippen LogP contribution < -0.4 is 0 Å². The molecular weight excluding hydrogens is 276 g/mol. The van der Waals surface area contributed by atoms with Crippen molar-refractivity contribution in [2.75, 3.05) is 0 Å². The van der Waals surface area contributed by atoms with E-state index in [9.17, 15) is 13.6 Å². The third-order valence-corrected chi connectivity index (χ3v) is 3.02. The molecule has 0 bridgehead atoms. The molecule has 0 spiro atoms. The summed E-state index contributed by atoms with van der Waals surface area (Å²) < 4.78 is 28.7. The SMILES string of the molecule is CC(C)Cn1ncnc1CC(=O)Cc1c(F)cccc1F. The van der Waals surface area contributed by atoms with Gasteiger partial charge in [0.05, 0.1) is 6.42 Å². The second kappa shape index (κ2) is 6.56. The van der Waals surface area contributed by atoms with Gasteiger partial charge in [0.15, 0.2) is 0 Å². The van der Waals surface area contributed by atoms with E-state index in [1.54, 1.807) is 4.68 Å². The number of carbonyl (C=O) groups excluding carboxylic acids is 1. The van der Waals surface area contributed by atoms with Crippen molar-refractivity contribution in [3.63, 3.8) is 0 Å². The summed E-state index contributed by atoms with van der Waals surface area (Å²) in [4.78, 5) is 16.0. The van der Waals surface area contributed by atoms with Crippen LogP contribution in [0.4, 0.5) is 8.78 Å². The highest BCUT2D eigenvalue weighted by molar-refractivity contribution is 5.82. The maximum Gasteiger partial charge on any atom is 0.145 e. The van der Waals surface area contributed by atoms with E-state index in [4.69, 9.17) is 0 Å². The molecule has 0 N–H and O–H groups in total. The van der Waals surface area contributed by atoms with Crippen molar-refractivity contribution >= 4 is 5.78 Å². The molecule has 0 aliphatic carbocycles. The highest BCUT2D eigenvalue weighted by Crippen LogP contribution is 2.14. The molecule has 0 atom stereocenters. The van der Waals surface area contributed by atoms with E-state index in [2.05, 4.69) is 10.1 Å². The lowest BCUT2D eigenvalue weighted by atomic mass is 10.1. The molecule has 0 amide bonds. The van der Waals surface area contributed by atoms with Crippen molar-refractivity contribution in [3.05, 3.63) is 47.5 Å². The number of hydrogen-bond acceptors (Lipinski definition) is 3. The van der Waals surface area contributed by atoms with Crippen molar-refractivity contribution in [1.82, 2.24) is 14.8 Å². The molecule has 0 saturated carbocycles. The molecule has 21 heavy (non-hydrogen) atoms. The van der Waals surface area contributed by atoms with E-state index < -0.39 is 11.6 Å². The molecule has 0 aliphatic rings. The Morgan fingerprint density at radius 1 is 1.24 bits per heavy atom. The first-order valence-electron chi connectivity index (χ1n) is 6.78. The van der Waals surface area contributed by atoms with Gasteiger partial charge in [-0.1, -0.05) is 19.9 Å². The highest BCUT2D eigenvalue weighted by Gasteiger charge is 2.16. The van der Waals surface area contributed by atoms with Gasteiger partial charge in [0, 0.05) is 18.5 Å². The quantitative estimate of drug-likeness (QED) is 0.822.